The summed E-state index contributed by atoms with van der Waals surface area (Å²) in [4.78, 5) is 73.0. The van der Waals surface area contributed by atoms with Crippen molar-refractivity contribution in [2.45, 2.75) is 433 Å². The number of phosphoric acid groups is 2. The molecule has 0 saturated heterocycles. The minimum atomic E-state index is -4.96. The summed E-state index contributed by atoms with van der Waals surface area (Å²) in [5.74, 6) is 0.965. The highest BCUT2D eigenvalue weighted by Crippen LogP contribution is 2.45. The molecule has 0 radical (unpaired) electrons. The van der Waals surface area contributed by atoms with Gasteiger partial charge in [-0.1, -0.05) is 364 Å². The highest BCUT2D eigenvalue weighted by atomic mass is 31.2. The first-order valence-electron chi connectivity index (χ1n) is 41.7. The maximum absolute atomic E-state index is 13.1. The summed E-state index contributed by atoms with van der Waals surface area (Å²) in [5.41, 5.74) is 0. The van der Waals surface area contributed by atoms with Crippen LogP contribution in [0.4, 0.5) is 0 Å². The van der Waals surface area contributed by atoms with E-state index < -0.39 is 97.5 Å². The molecule has 0 amide bonds. The van der Waals surface area contributed by atoms with Crippen LogP contribution in [0.25, 0.3) is 0 Å². The van der Waals surface area contributed by atoms with Crippen molar-refractivity contribution in [3.8, 4) is 0 Å². The number of ether oxygens (including phenoxy) is 4. The van der Waals surface area contributed by atoms with Gasteiger partial charge in [-0.2, -0.15) is 0 Å². The molecule has 100 heavy (non-hydrogen) atoms. The molecule has 0 saturated carbocycles. The second-order valence-corrected chi connectivity index (χ2v) is 34.0. The van der Waals surface area contributed by atoms with Gasteiger partial charge in [0, 0.05) is 25.7 Å². The number of aliphatic hydroxyl groups is 1. The lowest BCUT2D eigenvalue weighted by atomic mass is 10.0. The molecule has 17 nitrogen and oxygen atoms in total. The molecule has 0 aliphatic rings. The number of carbonyl (C=O) groups excluding carboxylic acids is 4. The molecule has 3 N–H and O–H groups in total. The smallest absolute Gasteiger partial charge is 0.462 e. The number of rotatable bonds is 78. The van der Waals surface area contributed by atoms with Crippen LogP contribution in [-0.2, 0) is 65.4 Å². The van der Waals surface area contributed by atoms with Crippen molar-refractivity contribution in [2.75, 3.05) is 39.6 Å². The molecule has 594 valence electrons. The van der Waals surface area contributed by atoms with Crippen molar-refractivity contribution in [2.24, 2.45) is 23.7 Å². The summed E-state index contributed by atoms with van der Waals surface area (Å²) in [6, 6.07) is 0. The molecule has 0 fully saturated rings. The van der Waals surface area contributed by atoms with Crippen LogP contribution in [0, 0.1) is 23.7 Å². The minimum absolute atomic E-state index is 0.105. The molecule has 0 aliphatic heterocycles. The van der Waals surface area contributed by atoms with Gasteiger partial charge in [0.2, 0.25) is 0 Å². The lowest BCUT2D eigenvalue weighted by Crippen LogP contribution is -2.30. The quantitative estimate of drug-likeness (QED) is 0.0222. The summed E-state index contributed by atoms with van der Waals surface area (Å²) in [7, 11) is -9.92. The Morgan fingerprint density at radius 2 is 0.420 bits per heavy atom. The molecule has 0 spiro atoms. The number of hydrogen-bond donors (Lipinski definition) is 3. The molecule has 0 bridgehead atoms. The van der Waals surface area contributed by atoms with E-state index in [0.717, 1.165) is 114 Å². The fourth-order valence-corrected chi connectivity index (χ4v) is 14.0. The van der Waals surface area contributed by atoms with Crippen LogP contribution in [-0.4, -0.2) is 96.7 Å². The fraction of sp³-hybridized carbons (Fsp3) is 0.951. The normalized spacial score (nSPS) is 14.0. The standard InChI is InChI=1S/C81H158O17P2/c1-71(2)57-49-41-33-26-20-15-11-9-13-17-23-29-37-45-53-61-78(83)91-67-76(97-80(85)63-55-47-38-30-24-18-14-10-12-16-21-27-34-42-50-58-72(3)4)69-95-99(87,88)93-65-75(82)66-94-100(89,90)96-70-77(68-92-79(84)62-54-46-40-32-36-44-52-60-74(7)8)98-81(86)64-56-48-39-31-25-19-22-28-35-43-51-59-73(5)6/h71-77,82H,9-70H2,1-8H3,(H,87,88)(H,89,90)/t75?,76-,77-/m1/s1. The van der Waals surface area contributed by atoms with E-state index in [4.69, 9.17) is 37.0 Å². The molecule has 3 unspecified atom stereocenters. The molecule has 0 heterocycles. The summed E-state index contributed by atoms with van der Waals surface area (Å²) >= 11 is 0. The maximum atomic E-state index is 13.1. The summed E-state index contributed by atoms with van der Waals surface area (Å²) in [6.07, 6.45) is 57.0. The van der Waals surface area contributed by atoms with E-state index in [-0.39, 0.29) is 25.7 Å². The van der Waals surface area contributed by atoms with Gasteiger partial charge in [0.1, 0.15) is 19.3 Å². The number of carbonyl (C=O) groups is 4. The van der Waals surface area contributed by atoms with Crippen LogP contribution in [0.15, 0.2) is 0 Å². The first kappa shape index (κ1) is 98.1. The summed E-state index contributed by atoms with van der Waals surface area (Å²) in [6.45, 7) is 14.2. The van der Waals surface area contributed by atoms with Crippen LogP contribution in [0.3, 0.4) is 0 Å². The number of unbranched alkanes of at least 4 members (excludes halogenated alkanes) is 44. The highest BCUT2D eigenvalue weighted by molar-refractivity contribution is 7.47. The van der Waals surface area contributed by atoms with Gasteiger partial charge in [0.25, 0.3) is 0 Å². The lowest BCUT2D eigenvalue weighted by Gasteiger charge is -2.21. The molecule has 0 aromatic heterocycles. The SMILES string of the molecule is CC(C)CCCCCCCCCCCCCCCCCC(=O)OC[C@H](COP(=O)(O)OCC(O)COP(=O)(O)OC[C@@H](COC(=O)CCCCCCCCCC(C)C)OC(=O)CCCCCCCCCCCCCC(C)C)OC(=O)CCCCCCCCCCCCCCCCCC(C)C. The van der Waals surface area contributed by atoms with Crippen LogP contribution in [0.2, 0.25) is 0 Å². The molecule has 0 aliphatic carbocycles. The van der Waals surface area contributed by atoms with Gasteiger partial charge in [0.15, 0.2) is 12.2 Å². The van der Waals surface area contributed by atoms with Gasteiger partial charge in [0.05, 0.1) is 26.4 Å². The molecular weight excluding hydrogens is 1310 g/mol. The van der Waals surface area contributed by atoms with Gasteiger partial charge < -0.3 is 33.8 Å². The Morgan fingerprint density at radius 1 is 0.250 bits per heavy atom. The number of aliphatic hydroxyl groups excluding tert-OH is 1. The average Bonchev–Trinajstić information content (AvgIpc) is 1.03. The maximum Gasteiger partial charge on any atom is 0.472 e. The Hall–Kier alpha value is -1.94. The Kier molecular flexibility index (Phi) is 68.7. The van der Waals surface area contributed by atoms with Crippen molar-refractivity contribution in [1.29, 1.82) is 0 Å². The largest absolute Gasteiger partial charge is 0.472 e. The zero-order chi connectivity index (χ0) is 73.8. The number of phosphoric ester groups is 2. The molecular formula is C81H158O17P2. The highest BCUT2D eigenvalue weighted by Gasteiger charge is 2.30. The topological polar surface area (TPSA) is 237 Å². The van der Waals surface area contributed by atoms with E-state index in [1.54, 1.807) is 0 Å². The first-order valence-corrected chi connectivity index (χ1v) is 44.7. The third-order valence-corrected chi connectivity index (χ3v) is 20.7. The monoisotopic (exact) mass is 1470 g/mol. The van der Waals surface area contributed by atoms with Crippen molar-refractivity contribution in [3.63, 3.8) is 0 Å². The second-order valence-electron chi connectivity index (χ2n) is 31.1. The van der Waals surface area contributed by atoms with Gasteiger partial charge in [-0.05, 0) is 49.4 Å². The van der Waals surface area contributed by atoms with Crippen LogP contribution in [0.1, 0.15) is 415 Å². The predicted molar refractivity (Wildman–Crippen MR) is 409 cm³/mol. The van der Waals surface area contributed by atoms with Crippen molar-refractivity contribution in [1.82, 2.24) is 0 Å². The van der Waals surface area contributed by atoms with Gasteiger partial charge in [-0.15, -0.1) is 0 Å². The molecule has 19 heteroatoms. The van der Waals surface area contributed by atoms with Crippen molar-refractivity contribution >= 4 is 39.5 Å². The molecule has 0 aromatic carbocycles. The van der Waals surface area contributed by atoms with E-state index in [0.29, 0.717) is 31.6 Å². The molecule has 0 rings (SSSR count). The van der Waals surface area contributed by atoms with Crippen molar-refractivity contribution in [3.05, 3.63) is 0 Å². The van der Waals surface area contributed by atoms with E-state index in [1.807, 2.05) is 0 Å². The molecule has 5 atom stereocenters. The third kappa shape index (κ3) is 74.3. The molecule has 0 aromatic rings. The Bertz CT molecular complexity index is 1950. The third-order valence-electron chi connectivity index (χ3n) is 18.8. The summed E-state index contributed by atoms with van der Waals surface area (Å²) in [5, 5.41) is 10.6. The zero-order valence-electron chi connectivity index (χ0n) is 65.8. The first-order chi connectivity index (χ1) is 48.1. The van der Waals surface area contributed by atoms with Crippen LogP contribution >= 0.6 is 15.6 Å². The fourth-order valence-electron chi connectivity index (χ4n) is 12.4. The van der Waals surface area contributed by atoms with E-state index in [2.05, 4.69) is 55.4 Å². The van der Waals surface area contributed by atoms with E-state index >= 15 is 0 Å². The zero-order valence-corrected chi connectivity index (χ0v) is 67.6. The lowest BCUT2D eigenvalue weighted by molar-refractivity contribution is -0.161. The Morgan fingerprint density at radius 3 is 0.620 bits per heavy atom. The summed E-state index contributed by atoms with van der Waals surface area (Å²) < 4.78 is 68.7. The number of hydrogen-bond acceptors (Lipinski definition) is 15. The van der Waals surface area contributed by atoms with Crippen molar-refractivity contribution < 1.29 is 80.2 Å². The Labute approximate surface area is 613 Å². The van der Waals surface area contributed by atoms with Crippen LogP contribution < -0.4 is 0 Å². The second kappa shape index (κ2) is 70.1. The predicted octanol–water partition coefficient (Wildman–Crippen LogP) is 24.0. The average molecular weight is 1470 g/mol. The van der Waals surface area contributed by atoms with E-state index in [1.165, 1.54) is 212 Å². The van der Waals surface area contributed by atoms with Crippen LogP contribution in [0.5, 0.6) is 0 Å². The van der Waals surface area contributed by atoms with Gasteiger partial charge >= 0.3 is 39.5 Å². The van der Waals surface area contributed by atoms with Gasteiger partial charge in [-0.25, -0.2) is 9.13 Å². The number of esters is 4. The minimum Gasteiger partial charge on any atom is -0.462 e. The Balaban J connectivity index is 5.24. The van der Waals surface area contributed by atoms with Gasteiger partial charge in [-0.3, -0.25) is 37.3 Å². The van der Waals surface area contributed by atoms with E-state index in [9.17, 15) is 43.2 Å².